The van der Waals surface area contributed by atoms with E-state index in [4.69, 9.17) is 5.73 Å². The van der Waals surface area contributed by atoms with E-state index in [1.165, 1.54) is 39.7 Å². The minimum Gasteiger partial charge on any atom is -0.351 e. The van der Waals surface area contributed by atoms with Crippen LogP contribution in [0.2, 0.25) is 0 Å². The zero-order valence-electron chi connectivity index (χ0n) is 26.6. The van der Waals surface area contributed by atoms with Gasteiger partial charge in [-0.1, -0.05) is 24.3 Å². The van der Waals surface area contributed by atoms with Crippen LogP contribution in [0.3, 0.4) is 0 Å². The maximum Gasteiger partial charge on any atom is 0.338 e. The average molecular weight is 700 g/mol. The number of fused-ring (bicyclic) bond motifs is 1. The van der Waals surface area contributed by atoms with Crippen molar-refractivity contribution in [1.82, 2.24) is 23.3 Å². The molecule has 0 radical (unpaired) electrons. The van der Waals surface area contributed by atoms with Crippen LogP contribution in [0.1, 0.15) is 11.1 Å². The van der Waals surface area contributed by atoms with E-state index in [1.54, 1.807) is 50.5 Å². The first-order chi connectivity index (χ1) is 22.5. The molecule has 0 saturated carbocycles. The van der Waals surface area contributed by atoms with Gasteiger partial charge in [0.2, 0.25) is 0 Å². The molecule has 2 aromatic carbocycles. The number of rotatable bonds is 11. The molecule has 48 heavy (non-hydrogen) atoms. The van der Waals surface area contributed by atoms with Crippen molar-refractivity contribution in [2.75, 3.05) is 45.0 Å². The number of hydrogen-bond donors (Lipinski definition) is 3. The second-order valence-electron chi connectivity index (χ2n) is 11.8. The van der Waals surface area contributed by atoms with Gasteiger partial charge in [-0.15, -0.1) is 20.9 Å². The molecule has 0 unspecified atom stereocenters. The maximum atomic E-state index is 15.0. The van der Waals surface area contributed by atoms with Gasteiger partial charge in [0, 0.05) is 61.5 Å². The lowest BCUT2D eigenvalue weighted by molar-refractivity contribution is 0.259. The Kier molecular flexibility index (Phi) is 9.49. The van der Waals surface area contributed by atoms with Gasteiger partial charge in [0.25, 0.3) is 5.56 Å². The summed E-state index contributed by atoms with van der Waals surface area (Å²) in [6.45, 7) is 0.174. The van der Waals surface area contributed by atoms with Crippen molar-refractivity contribution >= 4 is 42.8 Å². The summed E-state index contributed by atoms with van der Waals surface area (Å²) in [5.74, 6) is -1.67. The SMILES string of the molecule is CN(CCN(C)S(C)(C)(=O)O)Cc1c(-c2ccc(NC(N)=O)cc2)sc2c1c(=O)n(-c1ccccn1)c(=O)n2Cc1c(F)cccc1F. The number of aromatic nitrogens is 3. The van der Waals surface area contributed by atoms with Crippen LogP contribution in [-0.4, -0.2) is 77.8 Å². The maximum absolute atomic E-state index is 15.0. The lowest BCUT2D eigenvalue weighted by Crippen LogP contribution is -2.48. The van der Waals surface area contributed by atoms with E-state index < -0.39 is 45.0 Å². The second-order valence-corrected chi connectivity index (χ2v) is 16.9. The predicted molar refractivity (Wildman–Crippen MR) is 185 cm³/mol. The van der Waals surface area contributed by atoms with Crippen molar-refractivity contribution in [2.45, 2.75) is 13.1 Å². The zero-order chi connectivity index (χ0) is 35.0. The highest BCUT2D eigenvalue weighted by Crippen LogP contribution is 2.38. The van der Waals surface area contributed by atoms with Crippen LogP contribution >= 0.6 is 11.3 Å². The van der Waals surface area contributed by atoms with Crippen molar-refractivity contribution in [3.05, 3.63) is 110 Å². The minimum absolute atomic E-state index is 0.0301. The summed E-state index contributed by atoms with van der Waals surface area (Å²) in [4.78, 5) is 46.7. The van der Waals surface area contributed by atoms with E-state index in [2.05, 4.69) is 10.3 Å². The van der Waals surface area contributed by atoms with Crippen LogP contribution in [-0.2, 0) is 22.6 Å². The summed E-state index contributed by atoms with van der Waals surface area (Å²) in [6.07, 6.45) is 3.94. The van der Waals surface area contributed by atoms with Gasteiger partial charge in [-0.2, -0.15) is 4.21 Å². The molecule has 0 spiro atoms. The fourth-order valence-electron chi connectivity index (χ4n) is 5.09. The van der Waals surface area contributed by atoms with Crippen molar-refractivity contribution in [2.24, 2.45) is 5.73 Å². The summed E-state index contributed by atoms with van der Waals surface area (Å²) in [5, 5.41) is 2.64. The number of benzene rings is 2. The summed E-state index contributed by atoms with van der Waals surface area (Å²) in [6, 6.07) is 14.1. The summed E-state index contributed by atoms with van der Waals surface area (Å²) < 4.78 is 56.5. The molecule has 0 aliphatic rings. The quantitative estimate of drug-likeness (QED) is 0.189. The number of primary amides is 1. The van der Waals surface area contributed by atoms with E-state index in [9.17, 15) is 31.9 Å². The molecular weight excluding hydrogens is 665 g/mol. The van der Waals surface area contributed by atoms with Crippen LogP contribution in [0, 0.1) is 11.6 Å². The van der Waals surface area contributed by atoms with Gasteiger partial charge in [0.15, 0.2) is 0 Å². The number of nitrogens with two attached hydrogens (primary N) is 1. The molecule has 4 N–H and O–H groups in total. The molecule has 12 nitrogen and oxygen atoms in total. The number of urea groups is 1. The number of nitrogens with one attached hydrogen (secondary N) is 1. The highest BCUT2D eigenvalue weighted by atomic mass is 32.3. The molecule has 0 aliphatic carbocycles. The van der Waals surface area contributed by atoms with Crippen LogP contribution in [0.15, 0.2) is 76.4 Å². The third-order valence-electron chi connectivity index (χ3n) is 7.86. The van der Waals surface area contributed by atoms with Crippen LogP contribution in [0.5, 0.6) is 0 Å². The van der Waals surface area contributed by atoms with Gasteiger partial charge in [-0.05, 0) is 54.6 Å². The Balaban J connectivity index is 1.76. The van der Waals surface area contributed by atoms with E-state index >= 15 is 0 Å². The van der Waals surface area contributed by atoms with Crippen LogP contribution < -0.4 is 22.3 Å². The monoisotopic (exact) mass is 699 g/mol. The van der Waals surface area contributed by atoms with Crippen molar-refractivity contribution in [3.63, 3.8) is 0 Å². The van der Waals surface area contributed by atoms with E-state index in [1.807, 2.05) is 4.90 Å². The average Bonchev–Trinajstić information content (AvgIpc) is 3.38. The van der Waals surface area contributed by atoms with Gasteiger partial charge in [-0.25, -0.2) is 32.2 Å². The summed E-state index contributed by atoms with van der Waals surface area (Å²) in [5.41, 5.74) is 4.98. The van der Waals surface area contributed by atoms with E-state index in [-0.39, 0.29) is 34.7 Å². The van der Waals surface area contributed by atoms with Crippen LogP contribution in [0.4, 0.5) is 19.3 Å². The molecule has 0 atom stereocenters. The predicted octanol–water partition coefficient (Wildman–Crippen LogP) is 3.92. The summed E-state index contributed by atoms with van der Waals surface area (Å²) in [7, 11) is -0.673. The number of hydrogen-bond acceptors (Lipinski definition) is 7. The number of carbonyl (C=O) groups is 1. The lowest BCUT2D eigenvalue weighted by atomic mass is 10.1. The molecular formula is C32H35F2N7O5S2. The van der Waals surface area contributed by atoms with Crippen LogP contribution in [0.25, 0.3) is 26.5 Å². The number of halogens is 2. The Morgan fingerprint density at radius 3 is 2.25 bits per heavy atom. The number of amides is 2. The van der Waals surface area contributed by atoms with Crippen molar-refractivity contribution in [1.29, 1.82) is 0 Å². The highest BCUT2D eigenvalue weighted by molar-refractivity contribution is 8.11. The van der Waals surface area contributed by atoms with Gasteiger partial charge < -0.3 is 16.0 Å². The molecule has 5 rings (SSSR count). The standard InChI is InChI=1S/C32H35F2N7O5S2/c1-38(16-17-39(2)48(3,4,45)46)18-23-27-29(42)41(26-10-5-6-15-36-26)32(44)40(19-22-24(33)8-7-9-25(22)34)30(27)47-28(23)20-11-13-21(14-12-20)37-31(35)43/h5-15H,16-19H2,1-4H3,(H,45,46)(H3,35,37,43). The number of pyridine rings is 1. The topological polar surface area (TPSA) is 156 Å². The largest absolute Gasteiger partial charge is 0.351 e. The fraction of sp³-hybridized carbons (Fsp3) is 0.250. The highest BCUT2D eigenvalue weighted by Gasteiger charge is 2.27. The Labute approximate surface area is 278 Å². The molecule has 16 heteroatoms. The van der Waals surface area contributed by atoms with Gasteiger partial charge in [0.05, 0.1) is 11.9 Å². The molecule has 254 valence electrons. The number of carbonyl (C=O) groups excluding carboxylic acids is 1. The molecule has 2 amide bonds. The molecule has 0 aliphatic heterocycles. The van der Waals surface area contributed by atoms with Crippen molar-refractivity contribution in [3.8, 4) is 16.3 Å². The zero-order valence-corrected chi connectivity index (χ0v) is 28.3. The molecule has 0 saturated heterocycles. The molecule has 3 aromatic heterocycles. The Hall–Kier alpha value is -4.61. The Bertz CT molecular complexity index is 2160. The Morgan fingerprint density at radius 2 is 1.67 bits per heavy atom. The van der Waals surface area contributed by atoms with E-state index in [0.717, 1.165) is 28.0 Å². The molecule has 0 bridgehead atoms. The molecule has 3 heterocycles. The summed E-state index contributed by atoms with van der Waals surface area (Å²) >= 11 is 1.11. The van der Waals surface area contributed by atoms with Gasteiger partial charge >= 0.3 is 11.7 Å². The van der Waals surface area contributed by atoms with E-state index in [0.29, 0.717) is 28.2 Å². The number of nitrogens with zero attached hydrogens (tertiary/aromatic N) is 5. The normalized spacial score (nSPS) is 12.8. The van der Waals surface area contributed by atoms with Gasteiger partial charge in [0.1, 0.15) is 22.3 Å². The second kappa shape index (κ2) is 13.1. The minimum atomic E-state index is -4.00. The number of anilines is 1. The first-order valence-corrected chi connectivity index (χ1v) is 18.1. The fourth-order valence-corrected chi connectivity index (χ4v) is 7.00. The lowest BCUT2D eigenvalue weighted by Gasteiger charge is -2.43. The number of thiophene rings is 1. The Morgan fingerprint density at radius 1 is 1.00 bits per heavy atom. The molecule has 0 fully saturated rings. The first-order valence-electron chi connectivity index (χ1n) is 14.6. The number of likely N-dealkylation sites (N-methyl/N-ethyl adjacent to an activating group) is 2. The third-order valence-corrected chi connectivity index (χ3v) is 11.1. The molecule has 5 aromatic rings. The smallest absolute Gasteiger partial charge is 0.338 e. The first kappa shape index (κ1) is 34.7. The van der Waals surface area contributed by atoms with Crippen molar-refractivity contribution < 1.29 is 22.3 Å². The van der Waals surface area contributed by atoms with Gasteiger partial charge in [-0.3, -0.25) is 13.9 Å². The third kappa shape index (κ3) is 7.27.